The van der Waals surface area contributed by atoms with Gasteiger partial charge in [0.1, 0.15) is 5.75 Å². The molecule has 5 nitrogen and oxygen atoms in total. The van der Waals surface area contributed by atoms with Crippen LogP contribution in [0.3, 0.4) is 0 Å². The Hall–Kier alpha value is -1.56. The van der Waals surface area contributed by atoms with E-state index in [4.69, 9.17) is 9.47 Å². The second-order valence-corrected chi connectivity index (χ2v) is 5.33. The third-order valence-corrected chi connectivity index (χ3v) is 3.66. The van der Waals surface area contributed by atoms with Crippen LogP contribution in [0.15, 0.2) is 16.6 Å². The van der Waals surface area contributed by atoms with Crippen molar-refractivity contribution in [1.29, 1.82) is 0 Å². The molecule has 0 unspecified atom stereocenters. The fraction of sp³-hybridized carbons (Fsp3) is 0.429. The molecule has 0 aromatic heterocycles. The Balaban J connectivity index is 1.94. The first-order valence-corrected chi connectivity index (χ1v) is 7.30. The first kappa shape index (κ1) is 14.8. The summed E-state index contributed by atoms with van der Waals surface area (Å²) in [7, 11) is 0. The molecule has 108 valence electrons. The lowest BCUT2D eigenvalue weighted by Gasteiger charge is -2.09. The zero-order valence-corrected chi connectivity index (χ0v) is 12.8. The van der Waals surface area contributed by atoms with Crippen LogP contribution < -0.4 is 10.1 Å². The van der Waals surface area contributed by atoms with Crippen LogP contribution in [0, 0.1) is 0 Å². The van der Waals surface area contributed by atoms with Gasteiger partial charge in [-0.05, 0) is 24.1 Å². The molecule has 20 heavy (non-hydrogen) atoms. The van der Waals surface area contributed by atoms with Crippen molar-refractivity contribution < 1.29 is 19.1 Å². The first-order chi connectivity index (χ1) is 9.61. The molecule has 0 radical (unpaired) electrons. The maximum atomic E-state index is 11.6. The van der Waals surface area contributed by atoms with E-state index in [2.05, 4.69) is 21.2 Å². The van der Waals surface area contributed by atoms with E-state index >= 15 is 0 Å². The molecule has 0 saturated carbocycles. The van der Waals surface area contributed by atoms with Gasteiger partial charge in [-0.3, -0.25) is 4.79 Å². The maximum absolute atomic E-state index is 11.6. The van der Waals surface area contributed by atoms with E-state index in [1.165, 1.54) is 0 Å². The number of rotatable bonds is 6. The number of benzene rings is 1. The van der Waals surface area contributed by atoms with E-state index in [1.54, 1.807) is 12.1 Å². The molecule has 0 saturated heterocycles. The van der Waals surface area contributed by atoms with Gasteiger partial charge in [0.25, 0.3) is 5.91 Å². The lowest BCUT2D eigenvalue weighted by molar-refractivity contribution is -0.146. The van der Waals surface area contributed by atoms with E-state index in [0.29, 0.717) is 24.5 Å². The van der Waals surface area contributed by atoms with Gasteiger partial charge in [-0.2, -0.15) is 0 Å². The number of hydrogen-bond donors (Lipinski definition) is 1. The Kier molecular flexibility index (Phi) is 5.00. The Morgan fingerprint density at radius 3 is 3.00 bits per heavy atom. The highest BCUT2D eigenvalue weighted by Crippen LogP contribution is 2.30. The second-order valence-electron chi connectivity index (χ2n) is 4.48. The van der Waals surface area contributed by atoms with E-state index in [-0.39, 0.29) is 12.5 Å². The van der Waals surface area contributed by atoms with Crippen LogP contribution >= 0.6 is 15.9 Å². The van der Waals surface area contributed by atoms with Crippen molar-refractivity contribution in [2.45, 2.75) is 26.3 Å². The molecule has 1 heterocycles. The largest absolute Gasteiger partial charge is 0.482 e. The van der Waals surface area contributed by atoms with Crippen LogP contribution in [0.4, 0.5) is 0 Å². The van der Waals surface area contributed by atoms with Gasteiger partial charge in [0.15, 0.2) is 6.61 Å². The third-order valence-electron chi connectivity index (χ3n) is 2.96. The molecule has 0 spiro atoms. The molecule has 2 rings (SSSR count). The molecular weight excluding hydrogens is 326 g/mol. The summed E-state index contributed by atoms with van der Waals surface area (Å²) in [6, 6.07) is 3.39. The van der Waals surface area contributed by atoms with E-state index in [0.717, 1.165) is 22.9 Å². The van der Waals surface area contributed by atoms with Gasteiger partial charge in [0.05, 0.1) is 6.61 Å². The van der Waals surface area contributed by atoms with Gasteiger partial charge < -0.3 is 14.8 Å². The number of unbranched alkanes of at least 4 members (excludes halogenated alkanes) is 1. The standard InChI is InChI=1S/C14H16BrNO4/c1-2-3-4-19-13(17)8-20-9-5-10-11(12(15)6-9)7-16-14(10)18/h5-6H,2-4,7-8H2,1H3,(H,16,18). The average molecular weight is 342 g/mol. The highest BCUT2D eigenvalue weighted by atomic mass is 79.9. The van der Waals surface area contributed by atoms with Crippen LogP contribution in [0.1, 0.15) is 35.7 Å². The summed E-state index contributed by atoms with van der Waals surface area (Å²) in [6.07, 6.45) is 1.82. The van der Waals surface area contributed by atoms with Crippen LogP contribution in [0.2, 0.25) is 0 Å². The van der Waals surface area contributed by atoms with E-state index in [1.807, 2.05) is 6.92 Å². The maximum Gasteiger partial charge on any atom is 0.344 e. The average Bonchev–Trinajstić information content (AvgIpc) is 2.79. The fourth-order valence-corrected chi connectivity index (χ4v) is 2.43. The van der Waals surface area contributed by atoms with E-state index in [9.17, 15) is 9.59 Å². The van der Waals surface area contributed by atoms with Crippen molar-refractivity contribution in [3.8, 4) is 5.75 Å². The molecule has 1 N–H and O–H groups in total. The van der Waals surface area contributed by atoms with Gasteiger partial charge in [0.2, 0.25) is 0 Å². The number of halogens is 1. The number of hydrogen-bond acceptors (Lipinski definition) is 4. The Bertz CT molecular complexity index is 530. The van der Waals surface area contributed by atoms with E-state index < -0.39 is 5.97 Å². The number of carbonyl (C=O) groups is 2. The smallest absolute Gasteiger partial charge is 0.344 e. The Morgan fingerprint density at radius 1 is 1.45 bits per heavy atom. The van der Waals surface area contributed by atoms with Gasteiger partial charge in [0, 0.05) is 16.6 Å². The van der Waals surface area contributed by atoms with Gasteiger partial charge in [-0.15, -0.1) is 0 Å². The summed E-state index contributed by atoms with van der Waals surface area (Å²) in [5.74, 6) is -0.0590. The minimum Gasteiger partial charge on any atom is -0.482 e. The molecule has 1 aromatic carbocycles. The molecule has 1 aliphatic rings. The fourth-order valence-electron chi connectivity index (χ4n) is 1.86. The van der Waals surface area contributed by atoms with Gasteiger partial charge >= 0.3 is 5.97 Å². The zero-order valence-electron chi connectivity index (χ0n) is 11.2. The molecule has 0 aliphatic carbocycles. The first-order valence-electron chi connectivity index (χ1n) is 6.51. The molecule has 0 fully saturated rings. The minimum absolute atomic E-state index is 0.128. The van der Waals surface area contributed by atoms with Crippen LogP contribution in [-0.2, 0) is 16.1 Å². The quantitative estimate of drug-likeness (QED) is 0.637. The molecule has 1 amide bonds. The van der Waals surface area contributed by atoms with Crippen molar-refractivity contribution in [3.63, 3.8) is 0 Å². The van der Waals surface area contributed by atoms with Crippen molar-refractivity contribution in [2.75, 3.05) is 13.2 Å². The van der Waals surface area contributed by atoms with Crippen molar-refractivity contribution >= 4 is 27.8 Å². The van der Waals surface area contributed by atoms with Gasteiger partial charge in [-0.25, -0.2) is 4.79 Å². The molecule has 6 heteroatoms. The summed E-state index contributed by atoms with van der Waals surface area (Å²) in [4.78, 5) is 23.0. The topological polar surface area (TPSA) is 64.6 Å². The predicted octanol–water partition coefficient (Wildman–Crippen LogP) is 2.41. The summed E-state index contributed by atoms with van der Waals surface area (Å²) < 4.78 is 11.2. The highest BCUT2D eigenvalue weighted by molar-refractivity contribution is 9.10. The normalized spacial score (nSPS) is 12.8. The Labute approximate surface area is 125 Å². The zero-order chi connectivity index (χ0) is 14.5. The number of esters is 1. The predicted molar refractivity (Wildman–Crippen MR) is 76.7 cm³/mol. The van der Waals surface area contributed by atoms with Crippen molar-refractivity contribution in [2.24, 2.45) is 0 Å². The molecule has 1 aliphatic heterocycles. The molecule has 1 aromatic rings. The van der Waals surface area contributed by atoms with Crippen molar-refractivity contribution in [3.05, 3.63) is 27.7 Å². The number of ether oxygens (including phenoxy) is 2. The second kappa shape index (κ2) is 6.74. The van der Waals surface area contributed by atoms with Crippen LogP contribution in [-0.4, -0.2) is 25.1 Å². The number of fused-ring (bicyclic) bond motifs is 1. The summed E-state index contributed by atoms with van der Waals surface area (Å²) in [6.45, 7) is 2.79. The van der Waals surface area contributed by atoms with Crippen LogP contribution in [0.25, 0.3) is 0 Å². The molecule has 0 bridgehead atoms. The lowest BCUT2D eigenvalue weighted by Crippen LogP contribution is -2.16. The van der Waals surface area contributed by atoms with Crippen LogP contribution in [0.5, 0.6) is 5.75 Å². The number of nitrogens with one attached hydrogen (secondary N) is 1. The summed E-state index contributed by atoms with van der Waals surface area (Å²) >= 11 is 3.40. The monoisotopic (exact) mass is 341 g/mol. The number of amides is 1. The van der Waals surface area contributed by atoms with Crippen molar-refractivity contribution in [1.82, 2.24) is 5.32 Å². The molecular formula is C14H16BrNO4. The summed E-state index contributed by atoms with van der Waals surface area (Å²) in [5.41, 5.74) is 1.49. The summed E-state index contributed by atoms with van der Waals surface area (Å²) in [5, 5.41) is 2.74. The molecule has 0 atom stereocenters. The third kappa shape index (κ3) is 3.50. The SMILES string of the molecule is CCCCOC(=O)COc1cc(Br)c2c(c1)C(=O)NC2. The highest BCUT2D eigenvalue weighted by Gasteiger charge is 2.22. The minimum atomic E-state index is -0.403. The lowest BCUT2D eigenvalue weighted by atomic mass is 10.1. The van der Waals surface area contributed by atoms with Gasteiger partial charge in [-0.1, -0.05) is 29.3 Å². The number of carbonyl (C=O) groups excluding carboxylic acids is 2. The Morgan fingerprint density at radius 2 is 2.25 bits per heavy atom.